The molecule has 7 rings (SSSR count). The predicted molar refractivity (Wildman–Crippen MR) is 166 cm³/mol. The fraction of sp³-hybridized carbons (Fsp3) is 0.500. The fourth-order valence-corrected chi connectivity index (χ4v) is 9.88. The van der Waals surface area contributed by atoms with Crippen LogP contribution < -0.4 is 0 Å². The molecule has 5 aliphatic rings. The average molecular weight is 637 g/mol. The average Bonchev–Trinajstić information content (AvgIpc) is 3.48. The van der Waals surface area contributed by atoms with Crippen LogP contribution in [0.15, 0.2) is 78.1 Å². The third-order valence-electron chi connectivity index (χ3n) is 11.9. The van der Waals surface area contributed by atoms with E-state index >= 15 is 8.78 Å². The van der Waals surface area contributed by atoms with Crippen LogP contribution in [0.2, 0.25) is 5.02 Å². The molecule has 8 atom stereocenters. The molecular formula is C36H39ClF2N2O4. The van der Waals surface area contributed by atoms with Crippen molar-refractivity contribution < 1.29 is 28.3 Å². The summed E-state index contributed by atoms with van der Waals surface area (Å²) in [7, 11) is 1.75. The van der Waals surface area contributed by atoms with E-state index in [0.717, 1.165) is 11.1 Å². The van der Waals surface area contributed by atoms with Gasteiger partial charge in [0, 0.05) is 67.2 Å². The molecule has 6 nitrogen and oxygen atoms in total. The van der Waals surface area contributed by atoms with Crippen molar-refractivity contribution in [2.75, 3.05) is 13.6 Å². The smallest absolute Gasteiger partial charge is 0.257 e. The van der Waals surface area contributed by atoms with Gasteiger partial charge in [-0.2, -0.15) is 5.06 Å². The van der Waals surface area contributed by atoms with Crippen molar-refractivity contribution in [1.29, 1.82) is 0 Å². The predicted octanol–water partition coefficient (Wildman–Crippen LogP) is 6.38. The van der Waals surface area contributed by atoms with E-state index in [2.05, 4.69) is 0 Å². The number of hydroxylamine groups is 2. The van der Waals surface area contributed by atoms with Crippen LogP contribution in [0.4, 0.5) is 8.78 Å². The van der Waals surface area contributed by atoms with E-state index in [9.17, 15) is 14.7 Å². The Balaban J connectivity index is 1.29. The lowest BCUT2D eigenvalue weighted by Crippen LogP contribution is -2.70. The van der Waals surface area contributed by atoms with Crippen LogP contribution in [0, 0.1) is 28.6 Å². The highest BCUT2D eigenvalue weighted by molar-refractivity contribution is 6.30. The first-order chi connectivity index (χ1) is 21.3. The summed E-state index contributed by atoms with van der Waals surface area (Å²) in [4.78, 5) is 35.6. The van der Waals surface area contributed by atoms with E-state index in [1.165, 1.54) is 12.2 Å². The molecular weight excluding hydrogens is 598 g/mol. The van der Waals surface area contributed by atoms with Crippen molar-refractivity contribution in [1.82, 2.24) is 9.96 Å². The summed E-state index contributed by atoms with van der Waals surface area (Å²) in [5, 5.41) is 14.3. The van der Waals surface area contributed by atoms with Gasteiger partial charge in [-0.3, -0.25) is 14.4 Å². The Kier molecular flexibility index (Phi) is 7.21. The number of nitrogens with zero attached hydrogens (tertiary/aromatic N) is 2. The number of likely N-dealkylation sites (N-methyl/N-ethyl adjacent to an activating group) is 1. The van der Waals surface area contributed by atoms with E-state index in [1.807, 2.05) is 66.6 Å². The Hall–Kier alpha value is -2.91. The molecule has 0 spiro atoms. The van der Waals surface area contributed by atoms with Gasteiger partial charge >= 0.3 is 0 Å². The first-order valence-corrected chi connectivity index (χ1v) is 16.2. The lowest BCUT2D eigenvalue weighted by molar-refractivity contribution is -0.270. The Morgan fingerprint density at radius 2 is 1.82 bits per heavy atom. The van der Waals surface area contributed by atoms with E-state index in [0.29, 0.717) is 31.1 Å². The number of alkyl halides is 1. The number of hydrogen-bond acceptors (Lipinski definition) is 5. The summed E-state index contributed by atoms with van der Waals surface area (Å²) >= 11 is 6.12. The molecule has 0 radical (unpaired) electrons. The van der Waals surface area contributed by atoms with Gasteiger partial charge in [0.25, 0.3) is 5.91 Å². The van der Waals surface area contributed by atoms with E-state index in [4.69, 9.17) is 16.4 Å². The third-order valence-corrected chi connectivity index (χ3v) is 12.2. The topological polar surface area (TPSA) is 70.1 Å². The molecule has 1 aliphatic heterocycles. The number of carbonyl (C=O) groups is 2. The van der Waals surface area contributed by atoms with Gasteiger partial charge in [-0.15, -0.1) is 0 Å². The summed E-state index contributed by atoms with van der Waals surface area (Å²) in [5.41, 5.74) is -4.01. The van der Waals surface area contributed by atoms with Crippen LogP contribution in [0.5, 0.6) is 0 Å². The van der Waals surface area contributed by atoms with Gasteiger partial charge in [-0.25, -0.2) is 8.78 Å². The fourth-order valence-electron chi connectivity index (χ4n) is 9.76. The van der Waals surface area contributed by atoms with Crippen LogP contribution in [0.3, 0.4) is 0 Å². The second-order valence-corrected chi connectivity index (χ2v) is 14.7. The van der Waals surface area contributed by atoms with Crippen LogP contribution in [-0.2, 0) is 27.5 Å². The molecule has 238 valence electrons. The highest BCUT2D eigenvalue weighted by Gasteiger charge is 2.79. The van der Waals surface area contributed by atoms with Crippen LogP contribution in [0.1, 0.15) is 50.7 Å². The number of carbonyl (C=O) groups excluding carboxylic acids is 2. The number of fused-ring (bicyclic) bond motifs is 7. The minimum Gasteiger partial charge on any atom is -0.390 e. The van der Waals surface area contributed by atoms with Gasteiger partial charge in [0.1, 0.15) is 5.83 Å². The monoisotopic (exact) mass is 636 g/mol. The standard InChI is InChI=1S/C36H39ClF2N2O4/c1-33-14-13-26(42)16-29(33)30(38)17-28-27-15-24-21-41(20-23-9-11-25(37)12-10-23)45-36(24,34(27,2)18-31(43)35(28,33)39)32(44)40(3)19-22-7-5-4-6-8-22/h4-14,24,27-28,31,43H,15-21H2,1-3H3/t24-,27-,28-,31-,33-,34-,35-,36-/m0/s1. The Morgan fingerprint density at radius 3 is 2.53 bits per heavy atom. The van der Waals surface area contributed by atoms with Crippen LogP contribution in [-0.4, -0.2) is 57.7 Å². The maximum absolute atomic E-state index is 17.8. The number of ketones is 1. The Bertz CT molecular complexity index is 1600. The quantitative estimate of drug-likeness (QED) is 0.413. The first kappa shape index (κ1) is 30.7. The van der Waals surface area contributed by atoms with Crippen molar-refractivity contribution in [2.45, 2.75) is 70.0 Å². The number of aliphatic hydroxyl groups excluding tert-OH is 1. The molecule has 1 N–H and O–H groups in total. The number of halogens is 3. The molecule has 2 aromatic rings. The molecule has 4 aliphatic carbocycles. The van der Waals surface area contributed by atoms with E-state index in [-0.39, 0.29) is 42.4 Å². The zero-order valence-electron chi connectivity index (χ0n) is 25.8. The van der Waals surface area contributed by atoms with Crippen LogP contribution in [0.25, 0.3) is 0 Å². The van der Waals surface area contributed by atoms with Crippen molar-refractivity contribution in [3.8, 4) is 0 Å². The molecule has 0 unspecified atom stereocenters. The summed E-state index contributed by atoms with van der Waals surface area (Å²) in [6.07, 6.45) is 1.28. The second-order valence-electron chi connectivity index (χ2n) is 14.2. The molecule has 2 saturated carbocycles. The molecule has 2 aromatic carbocycles. The number of aliphatic hydroxyl groups is 1. The highest BCUT2D eigenvalue weighted by Crippen LogP contribution is 2.73. The largest absolute Gasteiger partial charge is 0.390 e. The SMILES string of the molecule is CN(Cc1ccccc1)C(=O)[C@@]12ON(Cc3ccc(Cl)cc3)C[C@@H]1C[C@H]1[C@@H]3CC(F)=C4CC(=O)C=C[C@]4(C)[C@@]3(F)[C@@H](O)C[C@@]12C. The molecule has 1 saturated heterocycles. The number of benzene rings is 2. The Labute approximate surface area is 267 Å². The van der Waals surface area contributed by atoms with Gasteiger partial charge in [-0.05, 0) is 60.6 Å². The van der Waals surface area contributed by atoms with Gasteiger partial charge in [0.15, 0.2) is 17.1 Å². The molecule has 1 heterocycles. The number of amides is 1. The lowest BCUT2D eigenvalue weighted by Gasteiger charge is -2.62. The van der Waals surface area contributed by atoms with Gasteiger partial charge in [0.05, 0.1) is 6.10 Å². The molecule has 3 fully saturated rings. The molecule has 0 aromatic heterocycles. The van der Waals surface area contributed by atoms with E-state index < -0.39 is 45.9 Å². The summed E-state index contributed by atoms with van der Waals surface area (Å²) in [5.74, 6) is -2.64. The molecule has 0 bridgehead atoms. The van der Waals surface area contributed by atoms with Gasteiger partial charge in [0.2, 0.25) is 0 Å². The number of hydrogen-bond donors (Lipinski definition) is 1. The van der Waals surface area contributed by atoms with E-state index in [1.54, 1.807) is 18.9 Å². The zero-order valence-corrected chi connectivity index (χ0v) is 26.6. The number of allylic oxidation sites excluding steroid dienone is 4. The van der Waals surface area contributed by atoms with Crippen molar-refractivity contribution in [2.24, 2.45) is 28.6 Å². The molecule has 1 amide bonds. The molecule has 9 heteroatoms. The maximum atomic E-state index is 17.8. The highest BCUT2D eigenvalue weighted by atomic mass is 35.5. The second kappa shape index (κ2) is 10.6. The van der Waals surface area contributed by atoms with Gasteiger partial charge < -0.3 is 10.0 Å². The summed E-state index contributed by atoms with van der Waals surface area (Å²) < 4.78 is 33.8. The normalized spacial score (nSPS) is 38.9. The van der Waals surface area contributed by atoms with Crippen molar-refractivity contribution in [3.05, 3.63) is 94.3 Å². The summed E-state index contributed by atoms with van der Waals surface area (Å²) in [6, 6.07) is 17.1. The number of rotatable bonds is 5. The van der Waals surface area contributed by atoms with Crippen LogP contribution >= 0.6 is 11.6 Å². The minimum atomic E-state index is -2.21. The third kappa shape index (κ3) is 4.28. The van der Waals surface area contributed by atoms with Crippen molar-refractivity contribution in [3.63, 3.8) is 0 Å². The molecule has 45 heavy (non-hydrogen) atoms. The zero-order chi connectivity index (χ0) is 31.9. The Morgan fingerprint density at radius 1 is 1.11 bits per heavy atom. The van der Waals surface area contributed by atoms with Gasteiger partial charge in [-0.1, -0.05) is 67.1 Å². The lowest BCUT2D eigenvalue weighted by atomic mass is 9.45. The maximum Gasteiger partial charge on any atom is 0.257 e. The minimum absolute atomic E-state index is 0.0346. The van der Waals surface area contributed by atoms with Crippen molar-refractivity contribution >= 4 is 23.3 Å². The summed E-state index contributed by atoms with van der Waals surface area (Å²) in [6.45, 7) is 4.74. The first-order valence-electron chi connectivity index (χ1n) is 15.8.